The van der Waals surface area contributed by atoms with E-state index in [9.17, 15) is 0 Å². The number of hydrogen-bond donors (Lipinski definition) is 1. The van der Waals surface area contributed by atoms with Gasteiger partial charge in [0.1, 0.15) is 0 Å². The van der Waals surface area contributed by atoms with Crippen molar-refractivity contribution in [2.75, 3.05) is 13.7 Å². The molecule has 0 aliphatic rings. The van der Waals surface area contributed by atoms with Gasteiger partial charge in [0.05, 0.1) is 12.3 Å². The normalized spacial score (nSPS) is 11.5. The van der Waals surface area contributed by atoms with Crippen LogP contribution in [-0.2, 0) is 6.54 Å². The van der Waals surface area contributed by atoms with Crippen LogP contribution in [0.3, 0.4) is 0 Å². The van der Waals surface area contributed by atoms with Crippen molar-refractivity contribution in [1.82, 2.24) is 15.5 Å². The van der Waals surface area contributed by atoms with E-state index in [1.54, 1.807) is 0 Å². The predicted octanol–water partition coefficient (Wildman–Crippen LogP) is 2.01. The Balaban J connectivity index is 2.37. The van der Waals surface area contributed by atoms with Crippen molar-refractivity contribution in [2.45, 2.75) is 33.7 Å². The van der Waals surface area contributed by atoms with Crippen LogP contribution in [0.2, 0.25) is 0 Å². The third-order valence-electron chi connectivity index (χ3n) is 2.16. The average Bonchev–Trinajstić information content (AvgIpc) is 2.19. The lowest BCUT2D eigenvalue weighted by molar-refractivity contribution is 0.234. The Morgan fingerprint density at radius 1 is 1.25 bits per heavy atom. The lowest BCUT2D eigenvalue weighted by Crippen LogP contribution is -2.12. The molecule has 1 aromatic heterocycles. The Kier molecular flexibility index (Phi) is 4.68. The number of ether oxygens (including phenoxy) is 1. The molecule has 0 atom stereocenters. The Labute approximate surface area is 97.4 Å². The zero-order chi connectivity index (χ0) is 12.0. The summed E-state index contributed by atoms with van der Waals surface area (Å²) in [5.74, 6) is 0.601. The van der Waals surface area contributed by atoms with Gasteiger partial charge in [0.25, 0.3) is 0 Å². The average molecular weight is 223 g/mol. The van der Waals surface area contributed by atoms with Gasteiger partial charge in [0.15, 0.2) is 0 Å². The molecule has 0 aliphatic carbocycles. The fourth-order valence-corrected chi connectivity index (χ4v) is 1.16. The molecule has 0 radical (unpaired) electrons. The van der Waals surface area contributed by atoms with E-state index >= 15 is 0 Å². The highest BCUT2D eigenvalue weighted by atomic mass is 16.5. The molecule has 16 heavy (non-hydrogen) atoms. The van der Waals surface area contributed by atoms with Crippen molar-refractivity contribution in [3.8, 4) is 5.88 Å². The molecule has 1 N–H and O–H groups in total. The summed E-state index contributed by atoms with van der Waals surface area (Å²) in [4.78, 5) is 0. The number of aromatic nitrogens is 2. The molecule has 0 spiro atoms. The van der Waals surface area contributed by atoms with Gasteiger partial charge in [-0.15, -0.1) is 5.10 Å². The van der Waals surface area contributed by atoms with Crippen molar-refractivity contribution in [1.29, 1.82) is 0 Å². The molecule has 0 saturated carbocycles. The van der Waals surface area contributed by atoms with Crippen molar-refractivity contribution >= 4 is 0 Å². The second-order valence-corrected chi connectivity index (χ2v) is 5.05. The summed E-state index contributed by atoms with van der Waals surface area (Å²) >= 11 is 0. The topological polar surface area (TPSA) is 47.0 Å². The van der Waals surface area contributed by atoms with Gasteiger partial charge in [-0.25, -0.2) is 0 Å². The molecule has 90 valence electrons. The number of hydrogen-bond acceptors (Lipinski definition) is 4. The molecule has 1 rings (SSSR count). The first-order chi connectivity index (χ1) is 7.51. The van der Waals surface area contributed by atoms with Gasteiger partial charge in [-0.2, -0.15) is 5.10 Å². The molecule has 0 fully saturated rings. The molecule has 0 amide bonds. The highest BCUT2D eigenvalue weighted by Gasteiger charge is 2.10. The maximum absolute atomic E-state index is 5.52. The highest BCUT2D eigenvalue weighted by molar-refractivity contribution is 5.11. The molecule has 0 aromatic carbocycles. The monoisotopic (exact) mass is 223 g/mol. The van der Waals surface area contributed by atoms with E-state index in [1.807, 2.05) is 19.2 Å². The van der Waals surface area contributed by atoms with Crippen LogP contribution in [0.4, 0.5) is 0 Å². The first-order valence-corrected chi connectivity index (χ1v) is 5.61. The molecular weight excluding hydrogens is 202 g/mol. The molecule has 1 aromatic rings. The highest BCUT2D eigenvalue weighted by Crippen LogP contribution is 2.18. The van der Waals surface area contributed by atoms with Gasteiger partial charge in [-0.1, -0.05) is 20.8 Å². The fourth-order valence-electron chi connectivity index (χ4n) is 1.16. The fraction of sp³-hybridized carbons (Fsp3) is 0.667. The number of rotatable bonds is 5. The van der Waals surface area contributed by atoms with Gasteiger partial charge in [0, 0.05) is 12.6 Å². The van der Waals surface area contributed by atoms with E-state index in [0.29, 0.717) is 17.9 Å². The minimum Gasteiger partial charge on any atom is -0.477 e. The summed E-state index contributed by atoms with van der Waals surface area (Å²) < 4.78 is 5.52. The smallest absolute Gasteiger partial charge is 0.233 e. The Morgan fingerprint density at radius 2 is 2.00 bits per heavy atom. The third kappa shape index (κ3) is 5.07. The lowest BCUT2D eigenvalue weighted by Gasteiger charge is -2.17. The summed E-state index contributed by atoms with van der Waals surface area (Å²) in [5.41, 5.74) is 1.21. The Bertz CT molecular complexity index is 303. The minimum absolute atomic E-state index is 0.291. The van der Waals surface area contributed by atoms with Gasteiger partial charge in [0.2, 0.25) is 5.88 Å². The van der Waals surface area contributed by atoms with Gasteiger partial charge in [-0.05, 0) is 24.9 Å². The van der Waals surface area contributed by atoms with Crippen LogP contribution in [0, 0.1) is 5.41 Å². The summed E-state index contributed by atoms with van der Waals surface area (Å²) in [5, 5.41) is 11.1. The van der Waals surface area contributed by atoms with Gasteiger partial charge >= 0.3 is 0 Å². The van der Waals surface area contributed by atoms with Crippen LogP contribution in [-0.4, -0.2) is 23.9 Å². The van der Waals surface area contributed by atoms with E-state index in [4.69, 9.17) is 4.74 Å². The molecule has 1 heterocycles. The van der Waals surface area contributed by atoms with Crippen molar-refractivity contribution in [2.24, 2.45) is 5.41 Å². The number of nitrogens with zero attached hydrogens (tertiary/aromatic N) is 2. The minimum atomic E-state index is 0.291. The zero-order valence-corrected chi connectivity index (χ0v) is 10.6. The van der Waals surface area contributed by atoms with Crippen molar-refractivity contribution < 1.29 is 4.74 Å². The van der Waals surface area contributed by atoms with E-state index in [-0.39, 0.29) is 0 Å². The number of nitrogens with one attached hydrogen (secondary N) is 1. The largest absolute Gasteiger partial charge is 0.477 e. The van der Waals surface area contributed by atoms with Crippen LogP contribution in [0.1, 0.15) is 32.9 Å². The Hall–Kier alpha value is -1.16. The van der Waals surface area contributed by atoms with E-state index in [1.165, 1.54) is 0 Å². The maximum atomic E-state index is 5.52. The summed E-state index contributed by atoms with van der Waals surface area (Å²) in [6.07, 6.45) is 1.01. The molecule has 4 heteroatoms. The molecule has 0 saturated heterocycles. The zero-order valence-electron chi connectivity index (χ0n) is 10.6. The molecule has 4 nitrogen and oxygen atoms in total. The van der Waals surface area contributed by atoms with Crippen LogP contribution in [0.25, 0.3) is 0 Å². The third-order valence-corrected chi connectivity index (χ3v) is 2.16. The second-order valence-electron chi connectivity index (χ2n) is 5.05. The van der Waals surface area contributed by atoms with Crippen LogP contribution in [0.15, 0.2) is 12.1 Å². The first kappa shape index (κ1) is 12.9. The second kappa shape index (κ2) is 5.80. The lowest BCUT2D eigenvalue weighted by atomic mass is 9.93. The summed E-state index contributed by atoms with van der Waals surface area (Å²) in [7, 11) is 1.88. The molecule has 0 unspecified atom stereocenters. The van der Waals surface area contributed by atoms with Gasteiger partial charge < -0.3 is 10.1 Å². The Morgan fingerprint density at radius 3 is 2.50 bits per heavy atom. The van der Waals surface area contributed by atoms with E-state index < -0.39 is 0 Å². The predicted molar refractivity (Wildman–Crippen MR) is 64.4 cm³/mol. The van der Waals surface area contributed by atoms with Crippen LogP contribution in [0.5, 0.6) is 5.88 Å². The van der Waals surface area contributed by atoms with Crippen LogP contribution >= 0.6 is 0 Å². The van der Waals surface area contributed by atoms with Gasteiger partial charge in [-0.3, -0.25) is 0 Å². The maximum Gasteiger partial charge on any atom is 0.233 e. The molecule has 0 bridgehead atoms. The van der Waals surface area contributed by atoms with Crippen molar-refractivity contribution in [3.05, 3.63) is 17.8 Å². The SMILES string of the molecule is CNCc1ccc(OCCC(C)(C)C)nn1. The standard InChI is InChI=1S/C12H21N3O/c1-12(2,3)7-8-16-11-6-5-10(9-13-4)14-15-11/h5-6,13H,7-9H2,1-4H3. The summed E-state index contributed by atoms with van der Waals surface area (Å²) in [6.45, 7) is 7.99. The van der Waals surface area contributed by atoms with E-state index in [2.05, 4.69) is 36.3 Å². The quantitative estimate of drug-likeness (QED) is 0.829. The van der Waals surface area contributed by atoms with Crippen LogP contribution < -0.4 is 10.1 Å². The molecular formula is C12H21N3O. The van der Waals surface area contributed by atoms with E-state index in [0.717, 1.165) is 18.7 Å². The summed E-state index contributed by atoms with van der Waals surface area (Å²) in [6, 6.07) is 3.79. The first-order valence-electron chi connectivity index (χ1n) is 5.61. The van der Waals surface area contributed by atoms with Crippen molar-refractivity contribution in [3.63, 3.8) is 0 Å². The molecule has 0 aliphatic heterocycles.